The average molecular weight is 390 g/mol. The van der Waals surface area contributed by atoms with Crippen molar-refractivity contribution in [1.29, 1.82) is 0 Å². The van der Waals surface area contributed by atoms with Crippen LogP contribution in [0.4, 0.5) is 16.6 Å². The van der Waals surface area contributed by atoms with Crippen molar-refractivity contribution in [3.8, 4) is 0 Å². The fourth-order valence-corrected chi connectivity index (χ4v) is 3.15. The van der Waals surface area contributed by atoms with Gasteiger partial charge in [-0.3, -0.25) is 4.90 Å². The number of carbonyl (C=O) groups is 1. The molecule has 1 saturated heterocycles. The van der Waals surface area contributed by atoms with Crippen LogP contribution < -0.4 is 10.2 Å². The number of hydrogen-bond donors (Lipinski definition) is 1. The van der Waals surface area contributed by atoms with Crippen LogP contribution in [-0.2, 0) is 11.2 Å². The summed E-state index contributed by atoms with van der Waals surface area (Å²) in [5.41, 5.74) is 0.913. The molecule has 28 heavy (non-hydrogen) atoms. The van der Waals surface area contributed by atoms with Gasteiger partial charge in [0.2, 0.25) is 5.95 Å². The second kappa shape index (κ2) is 7.77. The molecule has 3 heterocycles. The number of rotatable bonds is 6. The van der Waals surface area contributed by atoms with E-state index in [4.69, 9.17) is 9.26 Å². The molecular weight excluding hydrogens is 358 g/mol. The largest absolute Gasteiger partial charge is 0.447 e. The Hall–Kier alpha value is -2.64. The van der Waals surface area contributed by atoms with E-state index in [-0.39, 0.29) is 30.9 Å². The van der Waals surface area contributed by atoms with E-state index in [2.05, 4.69) is 55.1 Å². The summed E-state index contributed by atoms with van der Waals surface area (Å²) < 4.78 is 10.7. The Morgan fingerprint density at radius 1 is 1.36 bits per heavy atom. The van der Waals surface area contributed by atoms with Gasteiger partial charge in [0, 0.05) is 20.1 Å². The van der Waals surface area contributed by atoms with Gasteiger partial charge in [0.25, 0.3) is 0 Å². The van der Waals surface area contributed by atoms with Gasteiger partial charge >= 0.3 is 6.09 Å². The van der Waals surface area contributed by atoms with Gasteiger partial charge in [-0.2, -0.15) is 4.98 Å². The predicted molar refractivity (Wildman–Crippen MR) is 108 cm³/mol. The zero-order valence-electron chi connectivity index (χ0n) is 17.4. The molecule has 1 aliphatic heterocycles. The molecule has 2 aromatic rings. The van der Waals surface area contributed by atoms with Crippen molar-refractivity contribution in [3.63, 3.8) is 0 Å². The Balaban J connectivity index is 0.00000300. The van der Waals surface area contributed by atoms with Crippen LogP contribution in [-0.4, -0.2) is 33.9 Å². The summed E-state index contributed by atoms with van der Waals surface area (Å²) in [5, 5.41) is 7.40. The zero-order chi connectivity index (χ0) is 20.5. The highest BCUT2D eigenvalue weighted by Crippen LogP contribution is 2.27. The SMILES string of the molecule is CC(C)[C@H]1COC(=O)N1c1ccnc(N[C@@H](C)c2cc(CC(C)(C)C)on2)n1.[HH]. The molecule has 154 valence electrons. The van der Waals surface area contributed by atoms with E-state index in [1.54, 1.807) is 17.2 Å². The maximum Gasteiger partial charge on any atom is 0.415 e. The van der Waals surface area contributed by atoms with Gasteiger partial charge < -0.3 is 14.6 Å². The van der Waals surface area contributed by atoms with Crippen LogP contribution in [0, 0.1) is 11.3 Å². The maximum atomic E-state index is 12.2. The number of aromatic nitrogens is 3. The van der Waals surface area contributed by atoms with Gasteiger partial charge in [0.05, 0.1) is 12.1 Å². The van der Waals surface area contributed by atoms with Crippen LogP contribution >= 0.6 is 0 Å². The third-order valence-corrected chi connectivity index (χ3v) is 4.63. The van der Waals surface area contributed by atoms with Crippen molar-refractivity contribution in [2.75, 3.05) is 16.8 Å². The van der Waals surface area contributed by atoms with Crippen molar-refractivity contribution in [3.05, 3.63) is 29.8 Å². The average Bonchev–Trinajstić information content (AvgIpc) is 3.20. The molecular formula is C20H31N5O3. The number of cyclic esters (lactones) is 1. The number of carbonyl (C=O) groups excluding carboxylic acids is 1. The van der Waals surface area contributed by atoms with E-state index >= 15 is 0 Å². The summed E-state index contributed by atoms with van der Waals surface area (Å²) in [6.07, 6.45) is 2.07. The lowest BCUT2D eigenvalue weighted by Gasteiger charge is -2.23. The minimum atomic E-state index is -0.375. The molecule has 0 radical (unpaired) electrons. The van der Waals surface area contributed by atoms with E-state index in [1.807, 2.05) is 13.0 Å². The normalized spacial score (nSPS) is 18.5. The molecule has 1 fully saturated rings. The highest BCUT2D eigenvalue weighted by Gasteiger charge is 2.37. The molecule has 8 nitrogen and oxygen atoms in total. The fourth-order valence-electron chi connectivity index (χ4n) is 3.15. The first-order chi connectivity index (χ1) is 13.1. The number of amides is 1. The Bertz CT molecular complexity index is 834. The Morgan fingerprint density at radius 3 is 2.79 bits per heavy atom. The highest BCUT2D eigenvalue weighted by molar-refractivity contribution is 5.89. The molecule has 0 spiro atoms. The molecule has 8 heteroatoms. The third-order valence-electron chi connectivity index (χ3n) is 4.63. The molecule has 2 atom stereocenters. The minimum Gasteiger partial charge on any atom is -0.447 e. The summed E-state index contributed by atoms with van der Waals surface area (Å²) in [6, 6.07) is 3.50. The number of nitrogens with one attached hydrogen (secondary N) is 1. The quantitative estimate of drug-likeness (QED) is 0.780. The van der Waals surface area contributed by atoms with E-state index in [0.29, 0.717) is 18.4 Å². The standard InChI is InChI=1S/C20H29N5O3.H2/c1-12(2)16-11-27-19(26)25(16)17-7-8-21-18(23-17)22-13(3)15-9-14(28-24-15)10-20(4,5)6;/h7-9,12-13,16H,10-11H2,1-6H3,(H,21,22,23);1H/t13-,16+;/m0./s1. The topological polar surface area (TPSA) is 93.4 Å². The predicted octanol–water partition coefficient (Wildman–Crippen LogP) is 4.45. The lowest BCUT2D eigenvalue weighted by molar-refractivity contribution is 0.177. The van der Waals surface area contributed by atoms with Crippen LogP contribution in [0.5, 0.6) is 0 Å². The summed E-state index contributed by atoms with van der Waals surface area (Å²) in [5.74, 6) is 2.06. The monoisotopic (exact) mass is 389 g/mol. The minimum absolute atomic E-state index is 0. The second-order valence-electron chi connectivity index (χ2n) is 8.82. The van der Waals surface area contributed by atoms with Crippen LogP contribution in [0.1, 0.15) is 60.5 Å². The van der Waals surface area contributed by atoms with Gasteiger partial charge in [-0.1, -0.05) is 39.8 Å². The molecule has 0 unspecified atom stereocenters. The molecule has 1 aliphatic rings. The van der Waals surface area contributed by atoms with E-state index < -0.39 is 0 Å². The van der Waals surface area contributed by atoms with Crippen LogP contribution in [0.25, 0.3) is 0 Å². The lowest BCUT2D eigenvalue weighted by atomic mass is 9.91. The molecule has 0 aromatic carbocycles. The molecule has 3 rings (SSSR count). The van der Waals surface area contributed by atoms with E-state index in [0.717, 1.165) is 17.9 Å². The van der Waals surface area contributed by atoms with E-state index in [1.165, 1.54) is 0 Å². The molecule has 1 amide bonds. The fraction of sp³-hybridized carbons (Fsp3) is 0.600. The van der Waals surface area contributed by atoms with Crippen molar-refractivity contribution >= 4 is 17.9 Å². The molecule has 0 bridgehead atoms. The lowest BCUT2D eigenvalue weighted by Crippen LogP contribution is -2.37. The van der Waals surface area contributed by atoms with Crippen molar-refractivity contribution in [2.24, 2.45) is 11.3 Å². The number of nitrogens with zero attached hydrogens (tertiary/aromatic N) is 4. The smallest absolute Gasteiger partial charge is 0.415 e. The third kappa shape index (κ3) is 4.61. The second-order valence-corrected chi connectivity index (χ2v) is 8.82. The summed E-state index contributed by atoms with van der Waals surface area (Å²) >= 11 is 0. The number of ether oxygens (including phenoxy) is 1. The van der Waals surface area contributed by atoms with Crippen LogP contribution in [0.3, 0.4) is 0 Å². The molecule has 2 aromatic heterocycles. The summed E-state index contributed by atoms with van der Waals surface area (Å²) in [4.78, 5) is 22.6. The molecule has 1 N–H and O–H groups in total. The first kappa shape index (κ1) is 20.1. The summed E-state index contributed by atoms with van der Waals surface area (Å²) in [6.45, 7) is 12.9. The Morgan fingerprint density at radius 2 is 2.11 bits per heavy atom. The van der Waals surface area contributed by atoms with E-state index in [9.17, 15) is 4.79 Å². The first-order valence-corrected chi connectivity index (χ1v) is 9.65. The van der Waals surface area contributed by atoms with Crippen molar-refractivity contribution in [1.82, 2.24) is 15.1 Å². The van der Waals surface area contributed by atoms with Gasteiger partial charge in [-0.25, -0.2) is 9.78 Å². The van der Waals surface area contributed by atoms with Crippen LogP contribution in [0.15, 0.2) is 22.9 Å². The zero-order valence-corrected chi connectivity index (χ0v) is 17.4. The Labute approximate surface area is 167 Å². The highest BCUT2D eigenvalue weighted by atomic mass is 16.6. The van der Waals surface area contributed by atoms with Gasteiger partial charge in [-0.05, 0) is 24.3 Å². The summed E-state index contributed by atoms with van der Waals surface area (Å²) in [7, 11) is 0. The maximum absolute atomic E-state index is 12.2. The van der Waals surface area contributed by atoms with Crippen molar-refractivity contribution in [2.45, 2.75) is 60.0 Å². The number of hydrogen-bond acceptors (Lipinski definition) is 7. The Kier molecular flexibility index (Phi) is 5.58. The van der Waals surface area contributed by atoms with Gasteiger partial charge in [-0.15, -0.1) is 0 Å². The van der Waals surface area contributed by atoms with Crippen molar-refractivity contribution < 1.29 is 15.5 Å². The molecule has 0 saturated carbocycles. The van der Waals surface area contributed by atoms with Crippen LogP contribution in [0.2, 0.25) is 0 Å². The number of anilines is 2. The first-order valence-electron chi connectivity index (χ1n) is 9.65. The van der Waals surface area contributed by atoms with Gasteiger partial charge in [0.15, 0.2) is 0 Å². The van der Waals surface area contributed by atoms with Gasteiger partial charge in [0.1, 0.15) is 23.9 Å². The molecule has 0 aliphatic carbocycles.